The topological polar surface area (TPSA) is 127 Å². The molecule has 0 atom stereocenters. The van der Waals surface area contributed by atoms with Gasteiger partial charge in [-0.05, 0) is 37.1 Å². The minimum atomic E-state index is -0.379. The van der Waals surface area contributed by atoms with Crippen LogP contribution in [-0.4, -0.2) is 72.7 Å². The van der Waals surface area contributed by atoms with Gasteiger partial charge in [-0.25, -0.2) is 4.79 Å². The number of H-pyrrole nitrogens is 1. The largest absolute Gasteiger partial charge is 0.494 e. The zero-order valence-electron chi connectivity index (χ0n) is 23.4. The molecule has 4 aromatic rings. The number of hydrogen-bond acceptors (Lipinski definition) is 10. The van der Waals surface area contributed by atoms with E-state index >= 15 is 0 Å². The minimum absolute atomic E-state index is 0.321. The summed E-state index contributed by atoms with van der Waals surface area (Å²) in [4.78, 5) is 23.9. The van der Waals surface area contributed by atoms with Crippen molar-refractivity contribution in [3.05, 3.63) is 48.0 Å². The molecule has 0 amide bonds. The summed E-state index contributed by atoms with van der Waals surface area (Å²) in [7, 11) is 3.04. The number of rotatable bonds is 8. The smallest absolute Gasteiger partial charge is 0.337 e. The maximum Gasteiger partial charge on any atom is 0.337 e. The number of fused-ring (bicyclic) bond motifs is 1. The monoisotopic (exact) mass is 557 g/mol. The van der Waals surface area contributed by atoms with Crippen molar-refractivity contribution in [3.8, 4) is 17.0 Å². The summed E-state index contributed by atoms with van der Waals surface area (Å²) in [5.74, 6) is 1.48. The lowest BCUT2D eigenvalue weighted by Gasteiger charge is -2.29. The normalized spacial score (nSPS) is 16.0. The molecule has 41 heavy (non-hydrogen) atoms. The number of morpholine rings is 1. The fourth-order valence-corrected chi connectivity index (χ4v) is 5.54. The zero-order valence-corrected chi connectivity index (χ0v) is 23.4. The molecule has 0 spiro atoms. The number of hydrogen-bond donors (Lipinski definition) is 3. The van der Waals surface area contributed by atoms with E-state index in [2.05, 4.69) is 31.8 Å². The van der Waals surface area contributed by atoms with Crippen molar-refractivity contribution in [1.82, 2.24) is 20.2 Å². The molecular weight excluding hydrogens is 522 g/mol. The first kappa shape index (κ1) is 26.8. The quantitative estimate of drug-likeness (QED) is 0.251. The van der Waals surface area contributed by atoms with Crippen LogP contribution < -0.4 is 20.3 Å². The molecule has 2 aromatic heterocycles. The number of anilines is 4. The second-order valence-corrected chi connectivity index (χ2v) is 10.3. The Morgan fingerprint density at radius 2 is 1.80 bits per heavy atom. The van der Waals surface area contributed by atoms with Gasteiger partial charge in [-0.15, -0.1) is 0 Å². The highest BCUT2D eigenvalue weighted by Crippen LogP contribution is 2.36. The van der Waals surface area contributed by atoms with Crippen LogP contribution in [0.15, 0.2) is 42.5 Å². The average Bonchev–Trinajstić information content (AvgIpc) is 3.46. The second kappa shape index (κ2) is 12.0. The molecule has 1 saturated carbocycles. The van der Waals surface area contributed by atoms with E-state index in [4.69, 9.17) is 24.2 Å². The number of ether oxygens (including phenoxy) is 3. The predicted molar refractivity (Wildman–Crippen MR) is 158 cm³/mol. The number of aromatic nitrogens is 4. The summed E-state index contributed by atoms with van der Waals surface area (Å²) >= 11 is 0. The first-order valence-electron chi connectivity index (χ1n) is 14.1. The van der Waals surface area contributed by atoms with Gasteiger partial charge >= 0.3 is 5.97 Å². The molecule has 11 heteroatoms. The molecule has 2 aliphatic rings. The Morgan fingerprint density at radius 1 is 1.02 bits per heavy atom. The summed E-state index contributed by atoms with van der Waals surface area (Å²) in [6.07, 6.45) is 5.82. The van der Waals surface area contributed by atoms with Crippen LogP contribution in [0, 0.1) is 0 Å². The van der Waals surface area contributed by atoms with Gasteiger partial charge in [-0.1, -0.05) is 31.4 Å². The summed E-state index contributed by atoms with van der Waals surface area (Å²) in [5, 5.41) is 15.6. The third-order valence-corrected chi connectivity index (χ3v) is 7.75. The zero-order chi connectivity index (χ0) is 28.2. The van der Waals surface area contributed by atoms with E-state index in [0.717, 1.165) is 48.3 Å². The lowest BCUT2D eigenvalue weighted by molar-refractivity contribution is 0.0600. The van der Waals surface area contributed by atoms with E-state index in [1.165, 1.54) is 26.4 Å². The fourth-order valence-electron chi connectivity index (χ4n) is 5.54. The number of aromatic amines is 1. The molecule has 0 unspecified atom stereocenters. The molecule has 1 aliphatic heterocycles. The lowest BCUT2D eigenvalue weighted by atomic mass is 9.95. The van der Waals surface area contributed by atoms with Gasteiger partial charge in [0.05, 0.1) is 44.1 Å². The molecule has 3 heterocycles. The first-order valence-corrected chi connectivity index (χ1v) is 14.1. The van der Waals surface area contributed by atoms with Crippen molar-refractivity contribution in [2.75, 3.05) is 56.1 Å². The van der Waals surface area contributed by atoms with Crippen LogP contribution in [0.2, 0.25) is 0 Å². The van der Waals surface area contributed by atoms with Crippen LogP contribution in [0.5, 0.6) is 5.75 Å². The Labute approximate surface area is 238 Å². The van der Waals surface area contributed by atoms with E-state index in [1.54, 1.807) is 19.2 Å². The number of esters is 1. The van der Waals surface area contributed by atoms with E-state index in [0.29, 0.717) is 53.7 Å². The number of nitrogens with zero attached hydrogens (tertiary/aromatic N) is 4. The molecule has 2 aromatic carbocycles. The Hall–Kier alpha value is -4.38. The highest BCUT2D eigenvalue weighted by Gasteiger charge is 2.22. The summed E-state index contributed by atoms with van der Waals surface area (Å²) in [5.41, 5.74) is 4.51. The Bertz CT molecular complexity index is 1510. The highest BCUT2D eigenvalue weighted by molar-refractivity contribution is 6.00. The van der Waals surface area contributed by atoms with Gasteiger partial charge in [0.15, 0.2) is 5.65 Å². The molecule has 6 rings (SSSR count). The second-order valence-electron chi connectivity index (χ2n) is 10.3. The molecule has 2 fully saturated rings. The molecule has 0 bridgehead atoms. The molecule has 1 saturated heterocycles. The van der Waals surface area contributed by atoms with Gasteiger partial charge in [0, 0.05) is 36.4 Å². The van der Waals surface area contributed by atoms with E-state index < -0.39 is 0 Å². The Morgan fingerprint density at radius 3 is 2.54 bits per heavy atom. The summed E-state index contributed by atoms with van der Waals surface area (Å²) in [6.45, 7) is 3.13. The van der Waals surface area contributed by atoms with Gasteiger partial charge in [-0.2, -0.15) is 15.1 Å². The van der Waals surface area contributed by atoms with Gasteiger partial charge in [0.1, 0.15) is 17.3 Å². The minimum Gasteiger partial charge on any atom is -0.494 e. The Balaban J connectivity index is 1.35. The van der Waals surface area contributed by atoms with Crippen molar-refractivity contribution < 1.29 is 19.0 Å². The van der Waals surface area contributed by atoms with Crippen LogP contribution in [-0.2, 0) is 9.47 Å². The van der Waals surface area contributed by atoms with Crippen LogP contribution in [0.3, 0.4) is 0 Å². The standard InChI is InChI=1S/C30H35N7O4/c1-39-24-18-22(37-14-16-41-17-15-37)12-13-23(24)32-30-33-27(31-21-6-4-3-5-7-21)25-26(35-36-28(25)34-30)19-8-10-20(11-9-19)29(38)40-2/h8-13,18,21H,3-7,14-17H2,1-2H3,(H3,31,32,33,34,35,36). The van der Waals surface area contributed by atoms with Crippen molar-refractivity contribution >= 4 is 40.1 Å². The number of carbonyl (C=O) groups excluding carboxylic acids is 1. The van der Waals surface area contributed by atoms with Crippen molar-refractivity contribution in [2.24, 2.45) is 0 Å². The van der Waals surface area contributed by atoms with Gasteiger partial charge in [0.25, 0.3) is 0 Å². The van der Waals surface area contributed by atoms with Crippen molar-refractivity contribution in [1.29, 1.82) is 0 Å². The van der Waals surface area contributed by atoms with Crippen molar-refractivity contribution in [3.63, 3.8) is 0 Å². The van der Waals surface area contributed by atoms with Crippen LogP contribution in [0.4, 0.5) is 23.1 Å². The first-order chi connectivity index (χ1) is 20.1. The van der Waals surface area contributed by atoms with Gasteiger partial charge < -0.3 is 29.7 Å². The SMILES string of the molecule is COC(=O)c1ccc(-c2n[nH]c3nc(Nc4ccc(N5CCOCC5)cc4OC)nc(NC4CCCCC4)c23)cc1. The molecule has 3 N–H and O–H groups in total. The molecule has 1 aliphatic carbocycles. The van der Waals surface area contributed by atoms with E-state index in [9.17, 15) is 4.79 Å². The maximum atomic E-state index is 11.9. The van der Waals surface area contributed by atoms with Crippen LogP contribution in [0.25, 0.3) is 22.3 Å². The van der Waals surface area contributed by atoms with E-state index in [1.807, 2.05) is 24.3 Å². The fraction of sp³-hybridized carbons (Fsp3) is 0.400. The summed E-state index contributed by atoms with van der Waals surface area (Å²) in [6, 6.07) is 13.6. The molecule has 0 radical (unpaired) electrons. The predicted octanol–water partition coefficient (Wildman–Crippen LogP) is 5.14. The maximum absolute atomic E-state index is 11.9. The van der Waals surface area contributed by atoms with Crippen molar-refractivity contribution in [2.45, 2.75) is 38.1 Å². The van der Waals surface area contributed by atoms with Crippen LogP contribution >= 0.6 is 0 Å². The van der Waals surface area contributed by atoms with E-state index in [-0.39, 0.29) is 5.97 Å². The average molecular weight is 558 g/mol. The molecule has 214 valence electrons. The van der Waals surface area contributed by atoms with Gasteiger partial charge in [-0.3, -0.25) is 5.10 Å². The third kappa shape index (κ3) is 5.76. The lowest BCUT2D eigenvalue weighted by Crippen LogP contribution is -2.36. The number of benzene rings is 2. The third-order valence-electron chi connectivity index (χ3n) is 7.75. The number of carbonyl (C=O) groups is 1. The van der Waals surface area contributed by atoms with Crippen LogP contribution in [0.1, 0.15) is 42.5 Å². The molecular formula is C30H35N7O4. The number of methoxy groups -OCH3 is 2. The highest BCUT2D eigenvalue weighted by atomic mass is 16.5. The number of nitrogens with one attached hydrogen (secondary N) is 3. The van der Waals surface area contributed by atoms with Gasteiger partial charge in [0.2, 0.25) is 5.95 Å². The Kier molecular flexibility index (Phi) is 7.86. The summed E-state index contributed by atoms with van der Waals surface area (Å²) < 4.78 is 16.1. The molecule has 11 nitrogen and oxygen atoms in total.